The Morgan fingerprint density at radius 3 is 2.47 bits per heavy atom. The second-order valence-corrected chi connectivity index (χ2v) is 7.85. The Kier molecular flexibility index (Phi) is 6.41. The van der Waals surface area contributed by atoms with Crippen molar-refractivity contribution in [3.05, 3.63) is 70.2 Å². The fraction of sp³-hybridized carbons (Fsp3) is 0.364. The predicted octanol–water partition coefficient (Wildman–Crippen LogP) is 4.69. The molecule has 3 rings (SSSR count). The number of hydrogen-bond donors (Lipinski definition) is 0. The summed E-state index contributed by atoms with van der Waals surface area (Å²) < 4.78 is 39.6. The first-order chi connectivity index (χ1) is 14.1. The second kappa shape index (κ2) is 8.68. The van der Waals surface area contributed by atoms with Crippen LogP contribution in [-0.2, 0) is 11.0 Å². The van der Waals surface area contributed by atoms with Gasteiger partial charge in [0.05, 0.1) is 11.5 Å². The molecule has 0 N–H and O–H groups in total. The number of carbonyl (C=O) groups excluding carboxylic acids is 2. The van der Waals surface area contributed by atoms with E-state index in [1.54, 1.807) is 31.3 Å². The first kappa shape index (κ1) is 22.2. The Balaban J connectivity index is 1.95. The third kappa shape index (κ3) is 4.61. The van der Waals surface area contributed by atoms with E-state index in [1.165, 1.54) is 21.9 Å². The Morgan fingerprint density at radius 2 is 1.83 bits per heavy atom. The van der Waals surface area contributed by atoms with Crippen LogP contribution in [0.1, 0.15) is 34.3 Å². The molecule has 30 heavy (non-hydrogen) atoms. The molecule has 2 unspecified atom stereocenters. The SMILES string of the molecule is CCN(C)C(=O)C1CN(C(=O)c2cccc(Cl)c2)CC1c1cccc(C(F)(F)F)c1. The van der Waals surface area contributed by atoms with Crippen LogP contribution in [0.3, 0.4) is 0 Å². The summed E-state index contributed by atoms with van der Waals surface area (Å²) >= 11 is 5.98. The summed E-state index contributed by atoms with van der Waals surface area (Å²) in [5.41, 5.74) is 0.00553. The zero-order chi connectivity index (χ0) is 22.1. The molecule has 2 amide bonds. The van der Waals surface area contributed by atoms with E-state index in [0.717, 1.165) is 12.1 Å². The van der Waals surface area contributed by atoms with Gasteiger partial charge in [0, 0.05) is 43.2 Å². The molecule has 2 aromatic carbocycles. The molecule has 1 aliphatic rings. The van der Waals surface area contributed by atoms with Gasteiger partial charge in [-0.3, -0.25) is 9.59 Å². The number of halogens is 4. The highest BCUT2D eigenvalue weighted by atomic mass is 35.5. The average molecular weight is 439 g/mol. The van der Waals surface area contributed by atoms with Gasteiger partial charge in [0.1, 0.15) is 0 Å². The summed E-state index contributed by atoms with van der Waals surface area (Å²) in [7, 11) is 1.65. The molecule has 1 fully saturated rings. The number of likely N-dealkylation sites (tertiary alicyclic amines) is 1. The molecule has 0 saturated carbocycles. The van der Waals surface area contributed by atoms with Gasteiger partial charge in [0.25, 0.3) is 5.91 Å². The highest BCUT2D eigenvalue weighted by Gasteiger charge is 2.42. The van der Waals surface area contributed by atoms with Gasteiger partial charge in [-0.25, -0.2) is 0 Å². The van der Waals surface area contributed by atoms with Crippen molar-refractivity contribution in [2.45, 2.75) is 19.0 Å². The molecule has 2 atom stereocenters. The van der Waals surface area contributed by atoms with E-state index in [9.17, 15) is 22.8 Å². The molecule has 1 saturated heterocycles. The summed E-state index contributed by atoms with van der Waals surface area (Å²) in [6.45, 7) is 2.57. The minimum absolute atomic E-state index is 0.134. The Hall–Kier alpha value is -2.54. The van der Waals surface area contributed by atoms with Gasteiger partial charge in [-0.05, 0) is 36.8 Å². The number of hydrogen-bond acceptors (Lipinski definition) is 2. The fourth-order valence-electron chi connectivity index (χ4n) is 3.75. The van der Waals surface area contributed by atoms with Crippen LogP contribution in [0.5, 0.6) is 0 Å². The van der Waals surface area contributed by atoms with E-state index >= 15 is 0 Å². The van der Waals surface area contributed by atoms with E-state index in [2.05, 4.69) is 0 Å². The van der Waals surface area contributed by atoms with Crippen molar-refractivity contribution in [1.82, 2.24) is 9.80 Å². The van der Waals surface area contributed by atoms with Crippen LogP contribution in [0.15, 0.2) is 48.5 Å². The van der Waals surface area contributed by atoms with Crippen molar-refractivity contribution < 1.29 is 22.8 Å². The third-order valence-corrected chi connectivity index (χ3v) is 5.72. The largest absolute Gasteiger partial charge is 0.416 e. The van der Waals surface area contributed by atoms with Crippen molar-refractivity contribution in [1.29, 1.82) is 0 Å². The van der Waals surface area contributed by atoms with Crippen LogP contribution in [0.2, 0.25) is 5.02 Å². The summed E-state index contributed by atoms with van der Waals surface area (Å²) in [6.07, 6.45) is -4.48. The van der Waals surface area contributed by atoms with Crippen molar-refractivity contribution in [2.75, 3.05) is 26.7 Å². The maximum Gasteiger partial charge on any atom is 0.416 e. The monoisotopic (exact) mass is 438 g/mol. The Bertz CT molecular complexity index is 948. The molecule has 0 spiro atoms. The summed E-state index contributed by atoms with van der Waals surface area (Å²) in [5.74, 6) is -1.65. The van der Waals surface area contributed by atoms with Crippen LogP contribution in [0.25, 0.3) is 0 Å². The van der Waals surface area contributed by atoms with E-state index in [0.29, 0.717) is 22.7 Å². The molecule has 0 radical (unpaired) electrons. The Morgan fingerprint density at radius 1 is 1.13 bits per heavy atom. The molecule has 160 valence electrons. The highest BCUT2D eigenvalue weighted by Crippen LogP contribution is 2.37. The van der Waals surface area contributed by atoms with Gasteiger partial charge in [-0.2, -0.15) is 13.2 Å². The molecule has 0 aliphatic carbocycles. The smallest absolute Gasteiger partial charge is 0.346 e. The lowest BCUT2D eigenvalue weighted by Gasteiger charge is -2.23. The third-order valence-electron chi connectivity index (χ3n) is 5.49. The van der Waals surface area contributed by atoms with Crippen LogP contribution >= 0.6 is 11.6 Å². The zero-order valence-corrected chi connectivity index (χ0v) is 17.4. The summed E-state index contributed by atoms with van der Waals surface area (Å²) in [4.78, 5) is 29.0. The van der Waals surface area contributed by atoms with E-state index in [1.807, 2.05) is 6.92 Å². The molecule has 1 heterocycles. The van der Waals surface area contributed by atoms with Crippen molar-refractivity contribution in [3.8, 4) is 0 Å². The maximum atomic E-state index is 13.2. The number of rotatable bonds is 4. The van der Waals surface area contributed by atoms with Gasteiger partial charge in [-0.1, -0.05) is 35.9 Å². The number of amides is 2. The second-order valence-electron chi connectivity index (χ2n) is 7.41. The highest BCUT2D eigenvalue weighted by molar-refractivity contribution is 6.30. The zero-order valence-electron chi connectivity index (χ0n) is 16.6. The molecule has 2 aromatic rings. The average Bonchev–Trinajstić information content (AvgIpc) is 3.17. The van der Waals surface area contributed by atoms with Gasteiger partial charge < -0.3 is 9.80 Å². The first-order valence-corrected chi connectivity index (χ1v) is 9.96. The first-order valence-electron chi connectivity index (χ1n) is 9.58. The number of carbonyl (C=O) groups is 2. The quantitative estimate of drug-likeness (QED) is 0.694. The van der Waals surface area contributed by atoms with Gasteiger partial charge in [0.2, 0.25) is 5.91 Å². The van der Waals surface area contributed by atoms with Crippen LogP contribution in [-0.4, -0.2) is 48.3 Å². The van der Waals surface area contributed by atoms with Crippen molar-refractivity contribution >= 4 is 23.4 Å². The molecule has 1 aliphatic heterocycles. The molecule has 0 aromatic heterocycles. The molecular weight excluding hydrogens is 417 g/mol. The van der Waals surface area contributed by atoms with E-state index in [-0.39, 0.29) is 24.9 Å². The summed E-state index contributed by atoms with van der Waals surface area (Å²) in [5, 5.41) is 0.410. The van der Waals surface area contributed by atoms with Crippen molar-refractivity contribution in [3.63, 3.8) is 0 Å². The van der Waals surface area contributed by atoms with Crippen molar-refractivity contribution in [2.24, 2.45) is 5.92 Å². The minimum Gasteiger partial charge on any atom is -0.346 e. The summed E-state index contributed by atoms with van der Waals surface area (Å²) in [6, 6.07) is 11.5. The minimum atomic E-state index is -4.48. The maximum absolute atomic E-state index is 13.2. The molecule has 4 nitrogen and oxygen atoms in total. The number of nitrogens with zero attached hydrogens (tertiary/aromatic N) is 2. The van der Waals surface area contributed by atoms with Crippen LogP contribution in [0, 0.1) is 5.92 Å². The standard InChI is InChI=1S/C22H22ClF3N2O2/c1-3-27(2)21(30)19-13-28(20(29)15-7-5-9-17(23)11-15)12-18(19)14-6-4-8-16(10-14)22(24,25)26/h4-11,18-19H,3,12-13H2,1-2H3. The molecular formula is C22H22ClF3N2O2. The predicted molar refractivity (Wildman–Crippen MR) is 108 cm³/mol. The molecule has 0 bridgehead atoms. The van der Waals surface area contributed by atoms with E-state index in [4.69, 9.17) is 11.6 Å². The van der Waals surface area contributed by atoms with Crippen LogP contribution < -0.4 is 0 Å². The normalized spacial score (nSPS) is 19.1. The lowest BCUT2D eigenvalue weighted by molar-refractivity contribution is -0.137. The number of alkyl halides is 3. The topological polar surface area (TPSA) is 40.6 Å². The lowest BCUT2D eigenvalue weighted by atomic mass is 9.87. The van der Waals surface area contributed by atoms with Crippen LogP contribution in [0.4, 0.5) is 13.2 Å². The lowest BCUT2D eigenvalue weighted by Crippen LogP contribution is -2.37. The molecule has 8 heteroatoms. The van der Waals surface area contributed by atoms with Gasteiger partial charge in [0.15, 0.2) is 0 Å². The fourth-order valence-corrected chi connectivity index (χ4v) is 3.94. The Labute approximate surface area is 178 Å². The van der Waals surface area contributed by atoms with E-state index < -0.39 is 23.6 Å². The van der Waals surface area contributed by atoms with Gasteiger partial charge in [-0.15, -0.1) is 0 Å². The van der Waals surface area contributed by atoms with Gasteiger partial charge >= 0.3 is 6.18 Å². The number of benzene rings is 2.